The molecule has 0 spiro atoms. The Kier molecular flexibility index (Phi) is 4.20. The lowest BCUT2D eigenvalue weighted by atomic mass is 10.2. The lowest BCUT2D eigenvalue weighted by Gasteiger charge is -2.10. The summed E-state index contributed by atoms with van der Waals surface area (Å²) in [5, 5.41) is 0.406. The maximum absolute atomic E-state index is 12.4. The first kappa shape index (κ1) is 14.7. The predicted molar refractivity (Wildman–Crippen MR) is 79.7 cm³/mol. The Balaban J connectivity index is 2.38. The fourth-order valence-corrected chi connectivity index (χ4v) is 3.49. The van der Waals surface area contributed by atoms with Crippen molar-refractivity contribution in [3.05, 3.63) is 53.1 Å². The predicted octanol–water partition coefficient (Wildman–Crippen LogP) is 2.90. The molecule has 2 N–H and O–H groups in total. The van der Waals surface area contributed by atoms with Gasteiger partial charge >= 0.3 is 0 Å². The molecule has 20 heavy (non-hydrogen) atoms. The summed E-state index contributed by atoms with van der Waals surface area (Å²) in [4.78, 5) is 0.163. The van der Waals surface area contributed by atoms with Crippen LogP contribution in [-0.4, -0.2) is 15.5 Å². The Morgan fingerprint density at radius 1 is 1.20 bits per heavy atom. The Hall–Kier alpha value is -1.72. The molecule has 0 aliphatic heterocycles. The van der Waals surface area contributed by atoms with Crippen molar-refractivity contribution in [3.8, 4) is 5.75 Å². The topological polar surface area (TPSA) is 69.4 Å². The van der Waals surface area contributed by atoms with Gasteiger partial charge in [0.15, 0.2) is 9.84 Å². The van der Waals surface area contributed by atoms with E-state index in [1.807, 2.05) is 0 Å². The number of nitrogen functional groups attached to an aromatic ring is 1. The summed E-state index contributed by atoms with van der Waals surface area (Å²) in [5.74, 6) is 0.170. The average molecular weight is 312 g/mol. The van der Waals surface area contributed by atoms with Crippen molar-refractivity contribution in [1.82, 2.24) is 0 Å². The van der Waals surface area contributed by atoms with Crippen LogP contribution in [0, 0.1) is 0 Å². The highest BCUT2D eigenvalue weighted by Crippen LogP contribution is 2.27. The summed E-state index contributed by atoms with van der Waals surface area (Å²) < 4.78 is 29.9. The second kappa shape index (κ2) is 5.73. The molecule has 0 aliphatic carbocycles. The van der Waals surface area contributed by atoms with Crippen LogP contribution in [0.4, 0.5) is 5.69 Å². The highest BCUT2D eigenvalue weighted by atomic mass is 35.5. The highest BCUT2D eigenvalue weighted by molar-refractivity contribution is 7.90. The molecule has 0 heterocycles. The third kappa shape index (κ3) is 3.05. The standard InChI is InChI=1S/C14H14ClNO3S/c1-19-13-4-2-3-5-14(13)20(17,18)9-10-6-7-11(15)12(16)8-10/h2-8H,9,16H2,1H3. The van der Waals surface area contributed by atoms with E-state index >= 15 is 0 Å². The molecule has 0 saturated heterocycles. The maximum atomic E-state index is 12.4. The van der Waals surface area contributed by atoms with Crippen LogP contribution in [0.25, 0.3) is 0 Å². The first-order chi connectivity index (χ1) is 9.44. The van der Waals surface area contributed by atoms with E-state index in [-0.39, 0.29) is 10.6 Å². The molecule has 0 aliphatic rings. The van der Waals surface area contributed by atoms with Gasteiger partial charge in [-0.25, -0.2) is 8.42 Å². The molecule has 0 radical (unpaired) electrons. The van der Waals surface area contributed by atoms with Crippen molar-refractivity contribution in [3.63, 3.8) is 0 Å². The van der Waals surface area contributed by atoms with Gasteiger partial charge in [-0.15, -0.1) is 0 Å². The van der Waals surface area contributed by atoms with Gasteiger partial charge in [0, 0.05) is 0 Å². The zero-order valence-corrected chi connectivity index (χ0v) is 12.4. The second-order valence-electron chi connectivity index (χ2n) is 4.27. The number of ether oxygens (including phenoxy) is 1. The van der Waals surface area contributed by atoms with Gasteiger partial charge in [-0.05, 0) is 29.8 Å². The molecule has 2 aromatic rings. The van der Waals surface area contributed by atoms with Crippen molar-refractivity contribution in [1.29, 1.82) is 0 Å². The molecule has 2 aromatic carbocycles. The third-order valence-electron chi connectivity index (χ3n) is 2.82. The van der Waals surface area contributed by atoms with Gasteiger partial charge < -0.3 is 10.5 Å². The zero-order valence-electron chi connectivity index (χ0n) is 10.8. The van der Waals surface area contributed by atoms with Crippen molar-refractivity contribution in [2.24, 2.45) is 0 Å². The Labute approximate surface area is 123 Å². The molecule has 0 bridgehead atoms. The molecular weight excluding hydrogens is 298 g/mol. The smallest absolute Gasteiger partial charge is 0.186 e. The third-order valence-corrected chi connectivity index (χ3v) is 4.89. The number of hydrogen-bond acceptors (Lipinski definition) is 4. The average Bonchev–Trinajstić information content (AvgIpc) is 2.42. The van der Waals surface area contributed by atoms with Crippen LogP contribution in [0.15, 0.2) is 47.4 Å². The molecule has 2 rings (SSSR count). The minimum atomic E-state index is -3.51. The number of anilines is 1. The molecule has 0 fully saturated rings. The van der Waals surface area contributed by atoms with Crippen molar-refractivity contribution in [2.75, 3.05) is 12.8 Å². The summed E-state index contributed by atoms with van der Waals surface area (Å²) in [6.45, 7) is 0. The minimum Gasteiger partial charge on any atom is -0.495 e. The molecule has 106 valence electrons. The Bertz CT molecular complexity index is 729. The van der Waals surface area contributed by atoms with Crippen molar-refractivity contribution < 1.29 is 13.2 Å². The largest absolute Gasteiger partial charge is 0.495 e. The van der Waals surface area contributed by atoms with E-state index in [1.54, 1.807) is 36.4 Å². The van der Waals surface area contributed by atoms with E-state index < -0.39 is 9.84 Å². The first-order valence-corrected chi connectivity index (χ1v) is 7.87. The van der Waals surface area contributed by atoms with Crippen molar-refractivity contribution in [2.45, 2.75) is 10.6 Å². The Morgan fingerprint density at radius 2 is 1.90 bits per heavy atom. The minimum absolute atomic E-state index is 0.158. The van der Waals surface area contributed by atoms with Crippen LogP contribution in [0.5, 0.6) is 5.75 Å². The van der Waals surface area contributed by atoms with Gasteiger partial charge in [0.1, 0.15) is 10.6 Å². The van der Waals surface area contributed by atoms with Crippen LogP contribution in [-0.2, 0) is 15.6 Å². The molecule has 4 nitrogen and oxygen atoms in total. The van der Waals surface area contributed by atoms with E-state index in [9.17, 15) is 8.42 Å². The van der Waals surface area contributed by atoms with Gasteiger partial charge in [0.2, 0.25) is 0 Å². The van der Waals surface area contributed by atoms with Crippen LogP contribution in [0.3, 0.4) is 0 Å². The lowest BCUT2D eigenvalue weighted by molar-refractivity contribution is 0.402. The molecule has 0 amide bonds. The van der Waals surface area contributed by atoms with E-state index in [0.29, 0.717) is 22.0 Å². The van der Waals surface area contributed by atoms with E-state index in [4.69, 9.17) is 22.1 Å². The summed E-state index contributed by atoms with van der Waals surface area (Å²) >= 11 is 5.82. The zero-order chi connectivity index (χ0) is 14.8. The van der Waals surface area contributed by atoms with Crippen LogP contribution in [0.2, 0.25) is 5.02 Å². The van der Waals surface area contributed by atoms with Gasteiger partial charge in [-0.3, -0.25) is 0 Å². The number of halogens is 1. The lowest BCUT2D eigenvalue weighted by Crippen LogP contribution is -2.07. The number of sulfone groups is 1. The van der Waals surface area contributed by atoms with E-state index in [1.165, 1.54) is 13.2 Å². The molecular formula is C14H14ClNO3S. The SMILES string of the molecule is COc1ccccc1S(=O)(=O)Cc1ccc(Cl)c(N)c1. The summed E-state index contributed by atoms with van der Waals surface area (Å²) in [6, 6.07) is 11.3. The monoisotopic (exact) mass is 311 g/mol. The van der Waals surface area contributed by atoms with E-state index in [2.05, 4.69) is 0 Å². The van der Waals surface area contributed by atoms with Gasteiger partial charge in [0.25, 0.3) is 0 Å². The normalized spacial score (nSPS) is 11.3. The van der Waals surface area contributed by atoms with Gasteiger partial charge in [-0.1, -0.05) is 29.8 Å². The number of para-hydroxylation sites is 1. The Morgan fingerprint density at radius 3 is 2.55 bits per heavy atom. The van der Waals surface area contributed by atoms with Gasteiger partial charge in [-0.2, -0.15) is 0 Å². The van der Waals surface area contributed by atoms with E-state index in [0.717, 1.165) is 0 Å². The van der Waals surface area contributed by atoms with Gasteiger partial charge in [0.05, 0.1) is 23.6 Å². The molecule has 6 heteroatoms. The summed E-state index contributed by atoms with van der Waals surface area (Å²) in [7, 11) is -2.07. The summed E-state index contributed by atoms with van der Waals surface area (Å²) in [5.41, 5.74) is 6.62. The number of methoxy groups -OCH3 is 1. The van der Waals surface area contributed by atoms with Crippen LogP contribution in [0.1, 0.15) is 5.56 Å². The summed E-state index contributed by atoms with van der Waals surface area (Å²) in [6.07, 6.45) is 0. The number of rotatable bonds is 4. The maximum Gasteiger partial charge on any atom is 0.186 e. The fourth-order valence-electron chi connectivity index (χ4n) is 1.86. The molecule has 0 aromatic heterocycles. The molecule has 0 saturated carbocycles. The molecule has 0 unspecified atom stereocenters. The quantitative estimate of drug-likeness (QED) is 0.881. The second-order valence-corrected chi connectivity index (χ2v) is 6.63. The first-order valence-electron chi connectivity index (χ1n) is 5.84. The number of benzene rings is 2. The number of hydrogen-bond donors (Lipinski definition) is 1. The van der Waals surface area contributed by atoms with Crippen LogP contribution >= 0.6 is 11.6 Å². The fraction of sp³-hybridized carbons (Fsp3) is 0.143. The van der Waals surface area contributed by atoms with Crippen LogP contribution < -0.4 is 10.5 Å². The highest BCUT2D eigenvalue weighted by Gasteiger charge is 2.20. The molecule has 0 atom stereocenters. The van der Waals surface area contributed by atoms with Crippen molar-refractivity contribution >= 4 is 27.1 Å². The number of nitrogens with two attached hydrogens (primary N) is 1.